The lowest BCUT2D eigenvalue weighted by Crippen LogP contribution is -2.23. The number of nitrogens with zero attached hydrogens (tertiary/aromatic N) is 2. The van der Waals surface area contributed by atoms with Crippen LogP contribution in [0.15, 0.2) is 29.1 Å². The molecular weight excluding hydrogens is 356 g/mol. The molecular formula is C21H22N4O3. The van der Waals surface area contributed by atoms with Crippen molar-refractivity contribution in [3.05, 3.63) is 57.0 Å². The number of H-pyrrole nitrogens is 1. The van der Waals surface area contributed by atoms with Crippen molar-refractivity contribution in [1.82, 2.24) is 4.98 Å². The second-order valence-corrected chi connectivity index (χ2v) is 6.92. The van der Waals surface area contributed by atoms with E-state index in [1.807, 2.05) is 18.2 Å². The number of anilines is 2. The van der Waals surface area contributed by atoms with E-state index >= 15 is 0 Å². The van der Waals surface area contributed by atoms with Crippen LogP contribution in [-0.2, 0) is 16.0 Å². The van der Waals surface area contributed by atoms with Gasteiger partial charge in [-0.3, -0.25) is 14.4 Å². The van der Waals surface area contributed by atoms with E-state index < -0.39 is 5.56 Å². The molecule has 7 heteroatoms. The molecule has 0 radical (unpaired) electrons. The van der Waals surface area contributed by atoms with Crippen LogP contribution >= 0.6 is 0 Å². The second kappa shape index (κ2) is 8.09. The number of aromatic amines is 1. The van der Waals surface area contributed by atoms with E-state index in [1.165, 1.54) is 0 Å². The molecule has 1 aromatic heterocycles. The molecule has 0 saturated carbocycles. The van der Waals surface area contributed by atoms with Crippen molar-refractivity contribution >= 4 is 23.2 Å². The van der Waals surface area contributed by atoms with E-state index in [2.05, 4.69) is 10.3 Å². The lowest BCUT2D eigenvalue weighted by Gasteiger charge is -2.17. The lowest BCUT2D eigenvalue weighted by molar-refractivity contribution is -0.117. The third kappa shape index (κ3) is 3.96. The summed E-state index contributed by atoms with van der Waals surface area (Å²) in [6.45, 7) is 4.19. The van der Waals surface area contributed by atoms with Crippen molar-refractivity contribution in [3.8, 4) is 6.07 Å². The Morgan fingerprint density at radius 2 is 2.11 bits per heavy atom. The minimum Gasteiger partial charge on any atom is -0.326 e. The Labute approximate surface area is 163 Å². The first-order valence-electron chi connectivity index (χ1n) is 9.23. The van der Waals surface area contributed by atoms with Gasteiger partial charge in [0.05, 0.1) is 0 Å². The number of amides is 2. The first-order chi connectivity index (χ1) is 13.4. The van der Waals surface area contributed by atoms with E-state index in [9.17, 15) is 14.4 Å². The Morgan fingerprint density at radius 1 is 1.32 bits per heavy atom. The van der Waals surface area contributed by atoms with Crippen molar-refractivity contribution < 1.29 is 9.59 Å². The predicted octanol–water partition coefficient (Wildman–Crippen LogP) is 2.56. The molecule has 2 aromatic rings. The highest BCUT2D eigenvalue weighted by Gasteiger charge is 2.21. The van der Waals surface area contributed by atoms with Gasteiger partial charge in [-0.15, -0.1) is 0 Å². The number of aromatic nitrogens is 1. The zero-order valence-electron chi connectivity index (χ0n) is 16.0. The summed E-state index contributed by atoms with van der Waals surface area (Å²) < 4.78 is 0. The van der Waals surface area contributed by atoms with Crippen molar-refractivity contribution in [1.29, 1.82) is 5.26 Å². The molecule has 1 saturated heterocycles. The van der Waals surface area contributed by atoms with Crippen LogP contribution in [0.1, 0.15) is 41.6 Å². The SMILES string of the molecule is Cc1[nH]c(=O)c(C#N)c(C)c1CCC(=O)Nc1cccc(N2CCCC2=O)c1. The summed E-state index contributed by atoms with van der Waals surface area (Å²) in [4.78, 5) is 40.5. The number of rotatable bonds is 5. The Kier molecular flexibility index (Phi) is 5.59. The van der Waals surface area contributed by atoms with Crippen molar-refractivity contribution in [3.63, 3.8) is 0 Å². The van der Waals surface area contributed by atoms with Gasteiger partial charge in [-0.2, -0.15) is 5.26 Å². The maximum atomic E-state index is 12.4. The van der Waals surface area contributed by atoms with Gasteiger partial charge in [-0.1, -0.05) is 6.07 Å². The maximum Gasteiger partial charge on any atom is 0.266 e. The fourth-order valence-corrected chi connectivity index (χ4v) is 3.56. The molecule has 2 N–H and O–H groups in total. The van der Waals surface area contributed by atoms with Crippen LogP contribution in [0, 0.1) is 25.2 Å². The summed E-state index contributed by atoms with van der Waals surface area (Å²) in [5.41, 5.74) is 3.20. The van der Waals surface area contributed by atoms with Crippen molar-refractivity contribution in [2.75, 3.05) is 16.8 Å². The fraction of sp³-hybridized carbons (Fsp3) is 0.333. The average molecular weight is 378 g/mol. The van der Waals surface area contributed by atoms with Crippen LogP contribution < -0.4 is 15.8 Å². The van der Waals surface area contributed by atoms with Gasteiger partial charge in [0.2, 0.25) is 11.8 Å². The van der Waals surface area contributed by atoms with Gasteiger partial charge in [0.15, 0.2) is 0 Å². The lowest BCUT2D eigenvalue weighted by atomic mass is 9.99. The van der Waals surface area contributed by atoms with Gasteiger partial charge in [-0.05, 0) is 56.0 Å². The third-order valence-corrected chi connectivity index (χ3v) is 5.04. The minimum atomic E-state index is -0.404. The van der Waals surface area contributed by atoms with Crippen LogP contribution in [0.25, 0.3) is 0 Å². The van der Waals surface area contributed by atoms with Crippen molar-refractivity contribution in [2.45, 2.75) is 39.5 Å². The summed E-state index contributed by atoms with van der Waals surface area (Å²) in [6.07, 6.45) is 2.03. The van der Waals surface area contributed by atoms with Crippen LogP contribution in [0.4, 0.5) is 11.4 Å². The molecule has 0 spiro atoms. The van der Waals surface area contributed by atoms with E-state index in [1.54, 1.807) is 30.9 Å². The second-order valence-electron chi connectivity index (χ2n) is 6.92. The molecule has 0 unspecified atom stereocenters. The first kappa shape index (κ1) is 19.4. The molecule has 1 fully saturated rings. The highest BCUT2D eigenvalue weighted by atomic mass is 16.2. The molecule has 144 valence electrons. The highest BCUT2D eigenvalue weighted by molar-refractivity contribution is 5.97. The predicted molar refractivity (Wildman–Crippen MR) is 106 cm³/mol. The number of nitrogens with one attached hydrogen (secondary N) is 2. The van der Waals surface area contributed by atoms with E-state index in [0.29, 0.717) is 36.3 Å². The number of aryl methyl sites for hydroxylation is 1. The molecule has 0 atom stereocenters. The molecule has 28 heavy (non-hydrogen) atoms. The number of hydrogen-bond donors (Lipinski definition) is 2. The standard InChI is InChI=1S/C21H22N4O3/c1-13-17(14(2)23-21(28)18(13)12-22)8-9-19(26)24-15-5-3-6-16(11-15)25-10-4-7-20(25)27/h3,5-6,11H,4,7-10H2,1-2H3,(H,23,28)(H,24,26). The number of carbonyl (C=O) groups excluding carboxylic acids is 2. The first-order valence-corrected chi connectivity index (χ1v) is 9.23. The summed E-state index contributed by atoms with van der Waals surface area (Å²) in [5.74, 6) is -0.0748. The molecule has 2 heterocycles. The normalized spacial score (nSPS) is 13.5. The number of carbonyl (C=O) groups is 2. The molecule has 7 nitrogen and oxygen atoms in total. The fourth-order valence-electron chi connectivity index (χ4n) is 3.56. The van der Waals surface area contributed by atoms with Gasteiger partial charge in [0, 0.05) is 36.5 Å². The topological polar surface area (TPSA) is 106 Å². The van der Waals surface area contributed by atoms with E-state index in [-0.39, 0.29) is 23.8 Å². The van der Waals surface area contributed by atoms with Crippen LogP contribution in [0.5, 0.6) is 0 Å². The zero-order valence-corrected chi connectivity index (χ0v) is 16.0. The van der Waals surface area contributed by atoms with Gasteiger partial charge in [-0.25, -0.2) is 0 Å². The Balaban J connectivity index is 1.68. The number of pyridine rings is 1. The quantitative estimate of drug-likeness (QED) is 0.834. The Hall–Kier alpha value is -3.40. The number of benzene rings is 1. The highest BCUT2D eigenvalue weighted by Crippen LogP contribution is 2.24. The minimum absolute atomic E-state index is 0.0870. The van der Waals surface area contributed by atoms with E-state index in [4.69, 9.17) is 5.26 Å². The van der Waals surface area contributed by atoms with E-state index in [0.717, 1.165) is 17.7 Å². The van der Waals surface area contributed by atoms with Gasteiger partial charge in [0.1, 0.15) is 11.6 Å². The van der Waals surface area contributed by atoms with Gasteiger partial charge >= 0.3 is 0 Å². The molecule has 1 aromatic carbocycles. The van der Waals surface area contributed by atoms with Gasteiger partial charge < -0.3 is 15.2 Å². The molecule has 0 bridgehead atoms. The summed E-state index contributed by atoms with van der Waals surface area (Å²) in [7, 11) is 0. The van der Waals surface area contributed by atoms with Gasteiger partial charge in [0.25, 0.3) is 5.56 Å². The number of hydrogen-bond acceptors (Lipinski definition) is 4. The summed E-state index contributed by atoms with van der Waals surface area (Å²) >= 11 is 0. The average Bonchev–Trinajstić information content (AvgIpc) is 3.08. The summed E-state index contributed by atoms with van der Waals surface area (Å²) in [5, 5.41) is 12.0. The summed E-state index contributed by atoms with van der Waals surface area (Å²) in [6, 6.07) is 9.17. The van der Waals surface area contributed by atoms with Crippen LogP contribution in [0.2, 0.25) is 0 Å². The molecule has 1 aliphatic rings. The smallest absolute Gasteiger partial charge is 0.266 e. The Bertz CT molecular complexity index is 1030. The maximum absolute atomic E-state index is 12.4. The van der Waals surface area contributed by atoms with Crippen molar-refractivity contribution in [2.24, 2.45) is 0 Å². The monoisotopic (exact) mass is 378 g/mol. The Morgan fingerprint density at radius 3 is 2.79 bits per heavy atom. The van der Waals surface area contributed by atoms with Crippen LogP contribution in [-0.4, -0.2) is 23.3 Å². The third-order valence-electron chi connectivity index (χ3n) is 5.04. The molecule has 3 rings (SSSR count). The molecule has 1 aliphatic heterocycles. The van der Waals surface area contributed by atoms with Crippen LogP contribution in [0.3, 0.4) is 0 Å². The zero-order chi connectivity index (χ0) is 20.3. The largest absolute Gasteiger partial charge is 0.326 e. The molecule has 0 aliphatic carbocycles. The number of nitriles is 1. The molecule has 2 amide bonds.